The molecule has 0 unspecified atom stereocenters. The van der Waals surface area contributed by atoms with Gasteiger partial charge in [0.2, 0.25) is 0 Å². The number of hydrogen-bond acceptors (Lipinski definition) is 5. The fourth-order valence-corrected chi connectivity index (χ4v) is 3.48. The van der Waals surface area contributed by atoms with Gasteiger partial charge in [0.1, 0.15) is 0 Å². The number of amides is 1. The highest BCUT2D eigenvalue weighted by molar-refractivity contribution is 5.93. The second-order valence-electron chi connectivity index (χ2n) is 7.00. The van der Waals surface area contributed by atoms with Crippen molar-refractivity contribution in [1.29, 1.82) is 0 Å². The van der Waals surface area contributed by atoms with Gasteiger partial charge in [-0.2, -0.15) is 5.10 Å². The van der Waals surface area contributed by atoms with Crippen molar-refractivity contribution >= 4 is 11.6 Å². The van der Waals surface area contributed by atoms with Crippen LogP contribution >= 0.6 is 0 Å². The summed E-state index contributed by atoms with van der Waals surface area (Å²) in [5.41, 5.74) is 4.12. The van der Waals surface area contributed by atoms with E-state index in [1.165, 1.54) is 0 Å². The lowest BCUT2D eigenvalue weighted by molar-refractivity contribution is -0.000604. The smallest absolute Gasteiger partial charge is 0.274 e. The first-order valence-corrected chi connectivity index (χ1v) is 9.24. The standard InChI is InChI=1S/C20H23N5O2/c1-14-10-15(2)25-19(22-14)11-18(23-25)20(26)24-8-5-17(6-9-24)27-13-16-4-3-7-21-12-16/h3-4,7,10-12,17H,5-6,8-9,13H2,1-2H3. The normalized spacial score (nSPS) is 15.4. The second-order valence-corrected chi connectivity index (χ2v) is 7.00. The number of ether oxygens (including phenoxy) is 1. The highest BCUT2D eigenvalue weighted by Crippen LogP contribution is 2.18. The molecule has 7 nitrogen and oxygen atoms in total. The molecular weight excluding hydrogens is 342 g/mol. The molecule has 1 fully saturated rings. The summed E-state index contributed by atoms with van der Waals surface area (Å²) in [6, 6.07) is 7.65. The number of pyridine rings is 1. The van der Waals surface area contributed by atoms with Crippen molar-refractivity contribution in [3.8, 4) is 0 Å². The summed E-state index contributed by atoms with van der Waals surface area (Å²) >= 11 is 0. The first-order valence-electron chi connectivity index (χ1n) is 9.24. The molecular formula is C20H23N5O2. The van der Waals surface area contributed by atoms with Crippen LogP contribution in [-0.4, -0.2) is 49.6 Å². The highest BCUT2D eigenvalue weighted by Gasteiger charge is 2.26. The highest BCUT2D eigenvalue weighted by atomic mass is 16.5. The van der Waals surface area contributed by atoms with E-state index in [1.54, 1.807) is 16.8 Å². The van der Waals surface area contributed by atoms with Gasteiger partial charge in [-0.3, -0.25) is 9.78 Å². The fraction of sp³-hybridized carbons (Fsp3) is 0.400. The van der Waals surface area contributed by atoms with Crippen LogP contribution in [-0.2, 0) is 11.3 Å². The third-order valence-corrected chi connectivity index (χ3v) is 4.89. The van der Waals surface area contributed by atoms with Crippen molar-refractivity contribution in [2.45, 2.75) is 39.4 Å². The maximum atomic E-state index is 12.8. The minimum atomic E-state index is -0.0386. The molecule has 1 amide bonds. The molecule has 4 rings (SSSR count). The van der Waals surface area contributed by atoms with Gasteiger partial charge in [-0.1, -0.05) is 6.07 Å². The number of likely N-dealkylation sites (tertiary alicyclic amines) is 1. The van der Waals surface area contributed by atoms with Crippen molar-refractivity contribution in [2.24, 2.45) is 0 Å². The molecule has 7 heteroatoms. The van der Waals surface area contributed by atoms with Gasteiger partial charge in [0.25, 0.3) is 5.91 Å². The molecule has 4 heterocycles. The summed E-state index contributed by atoms with van der Waals surface area (Å²) in [6.45, 7) is 5.82. The minimum Gasteiger partial charge on any atom is -0.373 e. The lowest BCUT2D eigenvalue weighted by Gasteiger charge is -2.31. The Morgan fingerprint density at radius 1 is 1.26 bits per heavy atom. The van der Waals surface area contributed by atoms with Gasteiger partial charge in [-0.25, -0.2) is 9.50 Å². The predicted molar refractivity (Wildman–Crippen MR) is 100 cm³/mol. The number of fused-ring (bicyclic) bond motifs is 1. The van der Waals surface area contributed by atoms with Crippen molar-refractivity contribution in [3.05, 3.63) is 59.3 Å². The van der Waals surface area contributed by atoms with E-state index in [2.05, 4.69) is 15.1 Å². The van der Waals surface area contributed by atoms with Crippen LogP contribution in [0.25, 0.3) is 5.65 Å². The summed E-state index contributed by atoms with van der Waals surface area (Å²) in [5, 5.41) is 4.45. The lowest BCUT2D eigenvalue weighted by Crippen LogP contribution is -2.41. The molecule has 0 saturated carbocycles. The molecule has 1 saturated heterocycles. The Bertz CT molecular complexity index is 946. The van der Waals surface area contributed by atoms with Crippen LogP contribution in [0.5, 0.6) is 0 Å². The molecule has 1 aliphatic heterocycles. The van der Waals surface area contributed by atoms with Gasteiger partial charge in [0.05, 0.1) is 12.7 Å². The molecule has 0 aliphatic carbocycles. The Morgan fingerprint density at radius 3 is 2.81 bits per heavy atom. The Labute approximate surface area is 158 Å². The minimum absolute atomic E-state index is 0.0386. The average Bonchev–Trinajstić information content (AvgIpc) is 3.11. The Hall–Kier alpha value is -2.80. The molecule has 0 aromatic carbocycles. The van der Waals surface area contributed by atoms with Crippen LogP contribution in [0, 0.1) is 13.8 Å². The van der Waals surface area contributed by atoms with E-state index in [1.807, 2.05) is 43.1 Å². The molecule has 140 valence electrons. The summed E-state index contributed by atoms with van der Waals surface area (Å²) in [6.07, 6.45) is 5.40. The first-order chi connectivity index (χ1) is 13.1. The van der Waals surface area contributed by atoms with Crippen molar-refractivity contribution in [3.63, 3.8) is 0 Å². The molecule has 3 aromatic rings. The van der Waals surface area contributed by atoms with Crippen molar-refractivity contribution in [2.75, 3.05) is 13.1 Å². The van der Waals surface area contributed by atoms with Crippen molar-refractivity contribution in [1.82, 2.24) is 24.5 Å². The quantitative estimate of drug-likeness (QED) is 0.710. The zero-order valence-electron chi connectivity index (χ0n) is 15.6. The SMILES string of the molecule is Cc1cc(C)n2nc(C(=O)N3CCC(OCc4cccnc4)CC3)cc2n1. The van der Waals surface area contributed by atoms with E-state index in [9.17, 15) is 4.79 Å². The van der Waals surface area contributed by atoms with E-state index >= 15 is 0 Å². The van der Waals surface area contributed by atoms with Gasteiger partial charge in [-0.05, 0) is 44.4 Å². The molecule has 0 radical (unpaired) electrons. The first kappa shape index (κ1) is 17.6. The molecule has 27 heavy (non-hydrogen) atoms. The topological polar surface area (TPSA) is 72.6 Å². The van der Waals surface area contributed by atoms with Crippen LogP contribution in [0.4, 0.5) is 0 Å². The third kappa shape index (κ3) is 3.83. The number of carbonyl (C=O) groups excluding carboxylic acids is 1. The van der Waals surface area contributed by atoms with Gasteiger partial charge in [0.15, 0.2) is 11.3 Å². The van der Waals surface area contributed by atoms with Gasteiger partial charge >= 0.3 is 0 Å². The number of piperidine rings is 1. The Morgan fingerprint density at radius 2 is 2.07 bits per heavy atom. The zero-order valence-corrected chi connectivity index (χ0v) is 15.6. The van der Waals surface area contributed by atoms with Gasteiger partial charge < -0.3 is 9.64 Å². The number of hydrogen-bond donors (Lipinski definition) is 0. The van der Waals surface area contributed by atoms with Crippen LogP contribution in [0.15, 0.2) is 36.7 Å². The van der Waals surface area contributed by atoms with E-state index < -0.39 is 0 Å². The zero-order chi connectivity index (χ0) is 18.8. The van der Waals surface area contributed by atoms with Crippen molar-refractivity contribution < 1.29 is 9.53 Å². The number of aromatic nitrogens is 4. The maximum Gasteiger partial charge on any atom is 0.274 e. The number of aryl methyl sites for hydroxylation is 2. The largest absolute Gasteiger partial charge is 0.373 e. The fourth-order valence-electron chi connectivity index (χ4n) is 3.48. The van der Waals surface area contributed by atoms with Crippen LogP contribution < -0.4 is 0 Å². The maximum absolute atomic E-state index is 12.8. The summed E-state index contributed by atoms with van der Waals surface area (Å²) in [5.74, 6) is -0.0386. The monoisotopic (exact) mass is 365 g/mol. The predicted octanol–water partition coefficient (Wildman–Crippen LogP) is 2.56. The average molecular weight is 365 g/mol. The second kappa shape index (κ2) is 7.44. The molecule has 0 atom stereocenters. The molecule has 0 spiro atoms. The van der Waals surface area contributed by atoms with Gasteiger partial charge in [-0.15, -0.1) is 0 Å². The van der Waals surface area contributed by atoms with Crippen LogP contribution in [0.3, 0.4) is 0 Å². The lowest BCUT2D eigenvalue weighted by atomic mass is 10.1. The van der Waals surface area contributed by atoms with Gasteiger partial charge in [0, 0.05) is 42.9 Å². The summed E-state index contributed by atoms with van der Waals surface area (Å²) in [4.78, 5) is 23.2. The Balaban J connectivity index is 1.36. The van der Waals surface area contributed by atoms with E-state index in [0.29, 0.717) is 31.0 Å². The molecule has 0 N–H and O–H groups in total. The van der Waals surface area contributed by atoms with Crippen LogP contribution in [0.2, 0.25) is 0 Å². The molecule has 1 aliphatic rings. The van der Waals surface area contributed by atoms with E-state index in [0.717, 1.165) is 29.8 Å². The van der Waals surface area contributed by atoms with Crippen LogP contribution in [0.1, 0.15) is 40.3 Å². The van der Waals surface area contributed by atoms with E-state index in [-0.39, 0.29) is 12.0 Å². The summed E-state index contributed by atoms with van der Waals surface area (Å²) in [7, 11) is 0. The summed E-state index contributed by atoms with van der Waals surface area (Å²) < 4.78 is 7.70. The molecule has 3 aromatic heterocycles. The number of nitrogens with zero attached hydrogens (tertiary/aromatic N) is 5. The third-order valence-electron chi connectivity index (χ3n) is 4.89. The van der Waals surface area contributed by atoms with E-state index in [4.69, 9.17) is 4.74 Å². The Kier molecular flexibility index (Phi) is 4.85. The number of rotatable bonds is 4. The molecule has 0 bridgehead atoms. The number of carbonyl (C=O) groups is 1.